The van der Waals surface area contributed by atoms with Crippen LogP contribution in [-0.2, 0) is 4.79 Å². The first-order chi connectivity index (χ1) is 8.51. The lowest BCUT2D eigenvalue weighted by molar-refractivity contribution is -0.120. The van der Waals surface area contributed by atoms with E-state index in [2.05, 4.69) is 41.7 Å². The second-order valence-corrected chi connectivity index (χ2v) is 4.78. The number of carbonyl (C=O) groups is 1. The van der Waals surface area contributed by atoms with Crippen molar-refractivity contribution in [3.8, 4) is 0 Å². The van der Waals surface area contributed by atoms with Gasteiger partial charge in [-0.15, -0.1) is 24.0 Å². The molecule has 0 saturated carbocycles. The van der Waals surface area contributed by atoms with Crippen LogP contribution in [0.3, 0.4) is 0 Å². The van der Waals surface area contributed by atoms with E-state index in [1.165, 1.54) is 0 Å². The van der Waals surface area contributed by atoms with Crippen LogP contribution in [0.15, 0.2) is 4.99 Å². The monoisotopic (exact) mass is 384 g/mol. The van der Waals surface area contributed by atoms with Gasteiger partial charge in [-0.2, -0.15) is 0 Å². The Morgan fingerprint density at radius 1 is 1.16 bits per heavy atom. The highest BCUT2D eigenvalue weighted by Gasteiger charge is 2.08. The number of guanidine groups is 1. The maximum atomic E-state index is 11.4. The van der Waals surface area contributed by atoms with Crippen LogP contribution in [0, 0.1) is 5.92 Å². The number of nitrogens with one attached hydrogen (secondary N) is 3. The smallest absolute Gasteiger partial charge is 0.221 e. The van der Waals surface area contributed by atoms with Crippen LogP contribution in [0.4, 0.5) is 0 Å². The molecule has 5 nitrogen and oxygen atoms in total. The number of hydrogen-bond donors (Lipinski definition) is 3. The average molecular weight is 384 g/mol. The minimum Gasteiger partial charge on any atom is -0.356 e. The maximum Gasteiger partial charge on any atom is 0.221 e. The third-order valence-electron chi connectivity index (χ3n) is 2.80. The number of aliphatic imine (C=N–C) groups is 1. The molecule has 1 atom stereocenters. The van der Waals surface area contributed by atoms with E-state index in [1.54, 1.807) is 7.05 Å². The van der Waals surface area contributed by atoms with Gasteiger partial charge in [0.25, 0.3) is 0 Å². The largest absolute Gasteiger partial charge is 0.356 e. The molecule has 0 aliphatic heterocycles. The van der Waals surface area contributed by atoms with Gasteiger partial charge in [-0.1, -0.05) is 20.8 Å². The predicted molar refractivity (Wildman–Crippen MR) is 92.1 cm³/mol. The molecule has 0 aliphatic carbocycles. The van der Waals surface area contributed by atoms with Crippen molar-refractivity contribution in [3.05, 3.63) is 0 Å². The Morgan fingerprint density at radius 2 is 1.79 bits per heavy atom. The molecule has 0 rings (SSSR count). The molecular weight excluding hydrogens is 355 g/mol. The quantitative estimate of drug-likeness (QED) is 0.356. The molecule has 0 fully saturated rings. The first-order valence-electron chi connectivity index (χ1n) is 6.75. The Morgan fingerprint density at radius 3 is 2.26 bits per heavy atom. The van der Waals surface area contributed by atoms with Crippen molar-refractivity contribution in [2.75, 3.05) is 20.1 Å². The summed E-state index contributed by atoms with van der Waals surface area (Å²) in [6.07, 6.45) is 1.44. The van der Waals surface area contributed by atoms with Gasteiger partial charge in [-0.25, -0.2) is 0 Å². The molecule has 19 heavy (non-hydrogen) atoms. The summed E-state index contributed by atoms with van der Waals surface area (Å²) in [6.45, 7) is 9.81. The van der Waals surface area contributed by atoms with E-state index < -0.39 is 0 Å². The summed E-state index contributed by atoms with van der Waals surface area (Å²) in [4.78, 5) is 15.5. The summed E-state index contributed by atoms with van der Waals surface area (Å²) in [5.41, 5.74) is 0. The van der Waals surface area contributed by atoms with Crippen LogP contribution in [0.5, 0.6) is 0 Å². The molecule has 0 saturated heterocycles. The minimum absolute atomic E-state index is 0. The minimum atomic E-state index is 0. The van der Waals surface area contributed by atoms with Crippen molar-refractivity contribution in [1.29, 1.82) is 0 Å². The lowest BCUT2D eigenvalue weighted by Gasteiger charge is -2.20. The number of nitrogens with zero attached hydrogens (tertiary/aromatic N) is 1. The highest BCUT2D eigenvalue weighted by atomic mass is 127. The lowest BCUT2D eigenvalue weighted by Crippen LogP contribution is -2.45. The molecule has 0 bridgehead atoms. The molecule has 0 spiro atoms. The second kappa shape index (κ2) is 12.5. The van der Waals surface area contributed by atoms with E-state index >= 15 is 0 Å². The van der Waals surface area contributed by atoms with Gasteiger partial charge in [0, 0.05) is 32.6 Å². The average Bonchev–Trinajstić information content (AvgIpc) is 2.34. The van der Waals surface area contributed by atoms with E-state index in [9.17, 15) is 4.79 Å². The van der Waals surface area contributed by atoms with Gasteiger partial charge in [0.1, 0.15) is 0 Å². The SMILES string of the molecule is CCCNC(=O)CCNC(=NC)NC(C)C(C)C.I. The zero-order chi connectivity index (χ0) is 14.0. The lowest BCUT2D eigenvalue weighted by atomic mass is 10.1. The Hall–Kier alpha value is -0.530. The first-order valence-corrected chi connectivity index (χ1v) is 6.75. The van der Waals surface area contributed by atoms with Gasteiger partial charge in [0.15, 0.2) is 5.96 Å². The predicted octanol–water partition coefficient (Wildman–Crippen LogP) is 1.73. The molecular formula is C13H29IN4O. The van der Waals surface area contributed by atoms with Crippen LogP contribution in [0.1, 0.15) is 40.5 Å². The molecule has 3 N–H and O–H groups in total. The zero-order valence-corrected chi connectivity index (χ0v) is 15.1. The standard InChI is InChI=1S/C13H28N4O.HI/c1-6-8-15-12(18)7-9-16-13(14-5)17-11(4)10(2)3;/h10-11H,6-9H2,1-5H3,(H,15,18)(H2,14,16,17);1H. The third-order valence-corrected chi connectivity index (χ3v) is 2.80. The fourth-order valence-electron chi connectivity index (χ4n) is 1.22. The number of halogens is 1. The third kappa shape index (κ3) is 11.0. The Labute approximate surface area is 134 Å². The molecule has 1 unspecified atom stereocenters. The molecule has 0 aromatic rings. The van der Waals surface area contributed by atoms with Crippen LogP contribution in [0.25, 0.3) is 0 Å². The van der Waals surface area contributed by atoms with Crippen molar-refractivity contribution in [2.24, 2.45) is 10.9 Å². The summed E-state index contributed by atoms with van der Waals surface area (Å²) in [6, 6.07) is 0.352. The Bertz CT molecular complexity index is 269. The van der Waals surface area contributed by atoms with Crippen molar-refractivity contribution in [3.63, 3.8) is 0 Å². The van der Waals surface area contributed by atoms with Crippen molar-refractivity contribution in [1.82, 2.24) is 16.0 Å². The molecule has 0 aromatic carbocycles. The van der Waals surface area contributed by atoms with Gasteiger partial charge in [0.05, 0.1) is 0 Å². The fourth-order valence-corrected chi connectivity index (χ4v) is 1.22. The second-order valence-electron chi connectivity index (χ2n) is 4.78. The fraction of sp³-hybridized carbons (Fsp3) is 0.846. The van der Waals surface area contributed by atoms with E-state index in [1.807, 2.05) is 6.92 Å². The van der Waals surface area contributed by atoms with Gasteiger partial charge in [-0.05, 0) is 19.3 Å². The Balaban J connectivity index is 0. The van der Waals surface area contributed by atoms with Crippen LogP contribution >= 0.6 is 24.0 Å². The van der Waals surface area contributed by atoms with Gasteiger partial charge in [0.2, 0.25) is 5.91 Å². The number of rotatable bonds is 7. The molecule has 0 radical (unpaired) electrons. The van der Waals surface area contributed by atoms with E-state index in [0.29, 0.717) is 24.9 Å². The molecule has 0 aromatic heterocycles. The Kier molecular flexibility index (Phi) is 13.7. The summed E-state index contributed by atoms with van der Waals surface area (Å²) in [7, 11) is 1.74. The number of carbonyl (C=O) groups excluding carboxylic acids is 1. The summed E-state index contributed by atoms with van der Waals surface area (Å²) in [5.74, 6) is 1.37. The molecule has 0 heterocycles. The van der Waals surface area contributed by atoms with Gasteiger partial charge < -0.3 is 16.0 Å². The van der Waals surface area contributed by atoms with Crippen LogP contribution in [-0.4, -0.2) is 38.0 Å². The topological polar surface area (TPSA) is 65.5 Å². The normalized spacial score (nSPS) is 12.6. The van der Waals surface area contributed by atoms with E-state index in [0.717, 1.165) is 18.9 Å². The van der Waals surface area contributed by atoms with E-state index in [-0.39, 0.29) is 29.9 Å². The molecule has 0 aliphatic rings. The number of hydrogen-bond acceptors (Lipinski definition) is 2. The van der Waals surface area contributed by atoms with Crippen LogP contribution in [0.2, 0.25) is 0 Å². The molecule has 114 valence electrons. The summed E-state index contributed by atoms with van der Waals surface area (Å²) < 4.78 is 0. The first kappa shape index (κ1) is 20.8. The van der Waals surface area contributed by atoms with Crippen molar-refractivity contribution < 1.29 is 4.79 Å². The number of amides is 1. The van der Waals surface area contributed by atoms with Crippen molar-refractivity contribution >= 4 is 35.8 Å². The van der Waals surface area contributed by atoms with Crippen molar-refractivity contribution in [2.45, 2.75) is 46.6 Å². The highest BCUT2D eigenvalue weighted by molar-refractivity contribution is 14.0. The molecule has 1 amide bonds. The zero-order valence-electron chi connectivity index (χ0n) is 12.7. The summed E-state index contributed by atoms with van der Waals surface area (Å²) in [5, 5.41) is 9.27. The maximum absolute atomic E-state index is 11.4. The highest BCUT2D eigenvalue weighted by Crippen LogP contribution is 1.98. The van der Waals surface area contributed by atoms with E-state index in [4.69, 9.17) is 0 Å². The van der Waals surface area contributed by atoms with Gasteiger partial charge >= 0.3 is 0 Å². The van der Waals surface area contributed by atoms with Crippen LogP contribution < -0.4 is 16.0 Å². The summed E-state index contributed by atoms with van der Waals surface area (Å²) >= 11 is 0. The molecule has 6 heteroatoms. The van der Waals surface area contributed by atoms with Gasteiger partial charge in [-0.3, -0.25) is 9.79 Å².